The van der Waals surface area contributed by atoms with Gasteiger partial charge in [-0.2, -0.15) is 0 Å². The van der Waals surface area contributed by atoms with Gasteiger partial charge < -0.3 is 4.90 Å². The first-order valence-electron chi connectivity index (χ1n) is 4.95. The van der Waals surface area contributed by atoms with Crippen LogP contribution in [-0.4, -0.2) is 24.4 Å². The second kappa shape index (κ2) is 4.09. The molecule has 3 nitrogen and oxygen atoms in total. The van der Waals surface area contributed by atoms with Gasteiger partial charge in [-0.15, -0.1) is 11.3 Å². The van der Waals surface area contributed by atoms with Gasteiger partial charge in [-0.05, 0) is 18.8 Å². The van der Waals surface area contributed by atoms with Crippen LogP contribution in [-0.2, 0) is 0 Å². The second-order valence-corrected chi connectivity index (χ2v) is 4.68. The molecule has 0 bridgehead atoms. The summed E-state index contributed by atoms with van der Waals surface area (Å²) in [5.74, 6) is 0.830. The van der Waals surface area contributed by atoms with E-state index in [-0.39, 0.29) is 0 Å². The monoisotopic (exact) mass is 210 g/mol. The Hall–Kier alpha value is -0.900. The van der Waals surface area contributed by atoms with E-state index in [1.807, 2.05) is 5.38 Å². The van der Waals surface area contributed by atoms with E-state index in [9.17, 15) is 4.79 Å². The van der Waals surface area contributed by atoms with Crippen LogP contribution in [0.1, 0.15) is 30.3 Å². The standard InChI is InChI=1S/C10H14N2OS/c1-8-2-4-12(5-3-8)10-11-9(6-13)7-14-10/h6-8H,2-5H2,1H3. The summed E-state index contributed by atoms with van der Waals surface area (Å²) in [6.45, 7) is 4.44. The van der Waals surface area contributed by atoms with Crippen molar-refractivity contribution in [2.45, 2.75) is 19.8 Å². The Morgan fingerprint density at radius 2 is 2.29 bits per heavy atom. The van der Waals surface area contributed by atoms with Gasteiger partial charge in [0.25, 0.3) is 0 Å². The third kappa shape index (κ3) is 1.95. The predicted octanol–water partition coefficient (Wildman–Crippen LogP) is 2.19. The molecule has 1 aliphatic rings. The number of rotatable bonds is 2. The number of aromatic nitrogens is 1. The Bertz CT molecular complexity index is 316. The lowest BCUT2D eigenvalue weighted by atomic mass is 10.00. The van der Waals surface area contributed by atoms with E-state index in [0.29, 0.717) is 5.69 Å². The van der Waals surface area contributed by atoms with Crippen molar-refractivity contribution in [2.24, 2.45) is 5.92 Å². The van der Waals surface area contributed by atoms with Crippen LogP contribution in [0.2, 0.25) is 0 Å². The van der Waals surface area contributed by atoms with Crippen LogP contribution in [0.25, 0.3) is 0 Å². The van der Waals surface area contributed by atoms with Crippen molar-refractivity contribution in [3.05, 3.63) is 11.1 Å². The van der Waals surface area contributed by atoms with Gasteiger partial charge in [-0.25, -0.2) is 4.98 Å². The molecule has 0 aromatic carbocycles. The molecule has 0 saturated carbocycles. The predicted molar refractivity (Wildman–Crippen MR) is 58.1 cm³/mol. The van der Waals surface area contributed by atoms with Crippen LogP contribution >= 0.6 is 11.3 Å². The van der Waals surface area contributed by atoms with Crippen LogP contribution in [0.3, 0.4) is 0 Å². The Labute approximate surface area is 87.8 Å². The maximum Gasteiger partial charge on any atom is 0.185 e. The largest absolute Gasteiger partial charge is 0.348 e. The highest BCUT2D eigenvalue weighted by Crippen LogP contribution is 2.25. The van der Waals surface area contributed by atoms with Crippen molar-refractivity contribution >= 4 is 22.8 Å². The van der Waals surface area contributed by atoms with E-state index >= 15 is 0 Å². The molecule has 0 radical (unpaired) electrons. The number of piperidine rings is 1. The fourth-order valence-corrected chi connectivity index (χ4v) is 2.50. The quantitative estimate of drug-likeness (QED) is 0.701. The Kier molecular flexibility index (Phi) is 2.82. The van der Waals surface area contributed by atoms with Crippen molar-refractivity contribution < 1.29 is 4.79 Å². The summed E-state index contributed by atoms with van der Waals surface area (Å²) < 4.78 is 0. The maximum atomic E-state index is 10.5. The van der Waals surface area contributed by atoms with E-state index in [0.717, 1.165) is 30.4 Å². The Balaban J connectivity index is 2.04. The number of aldehydes is 1. The van der Waals surface area contributed by atoms with Crippen LogP contribution in [0.4, 0.5) is 5.13 Å². The summed E-state index contributed by atoms with van der Waals surface area (Å²) in [5, 5.41) is 2.82. The van der Waals surface area contributed by atoms with Gasteiger partial charge >= 0.3 is 0 Å². The van der Waals surface area contributed by atoms with Gasteiger partial charge in [0.05, 0.1) is 0 Å². The summed E-state index contributed by atoms with van der Waals surface area (Å²) in [6, 6.07) is 0. The number of carbonyl (C=O) groups is 1. The zero-order valence-corrected chi connectivity index (χ0v) is 9.09. The molecule has 0 unspecified atom stereocenters. The molecule has 0 spiro atoms. The summed E-state index contributed by atoms with van der Waals surface area (Å²) in [6.07, 6.45) is 3.28. The minimum absolute atomic E-state index is 0.559. The zero-order valence-electron chi connectivity index (χ0n) is 8.27. The maximum absolute atomic E-state index is 10.5. The number of anilines is 1. The van der Waals surface area contributed by atoms with Crippen LogP contribution in [0.15, 0.2) is 5.38 Å². The van der Waals surface area contributed by atoms with E-state index in [1.54, 1.807) is 11.3 Å². The summed E-state index contributed by atoms with van der Waals surface area (Å²) in [7, 11) is 0. The number of carbonyl (C=O) groups excluding carboxylic acids is 1. The molecule has 0 N–H and O–H groups in total. The highest BCUT2D eigenvalue weighted by atomic mass is 32.1. The van der Waals surface area contributed by atoms with Gasteiger partial charge in [0.2, 0.25) is 0 Å². The van der Waals surface area contributed by atoms with Crippen molar-refractivity contribution in [1.29, 1.82) is 0 Å². The fraction of sp³-hybridized carbons (Fsp3) is 0.600. The van der Waals surface area contributed by atoms with Gasteiger partial charge in [0.1, 0.15) is 5.69 Å². The summed E-state index contributed by atoms with van der Waals surface area (Å²) >= 11 is 1.57. The topological polar surface area (TPSA) is 33.2 Å². The molecular formula is C10H14N2OS. The minimum atomic E-state index is 0.559. The van der Waals surface area contributed by atoms with E-state index in [1.165, 1.54) is 12.8 Å². The van der Waals surface area contributed by atoms with Crippen molar-refractivity contribution in [2.75, 3.05) is 18.0 Å². The molecule has 2 rings (SSSR count). The average Bonchev–Trinajstić information content (AvgIpc) is 2.67. The molecule has 4 heteroatoms. The average molecular weight is 210 g/mol. The van der Waals surface area contributed by atoms with Crippen LogP contribution in [0.5, 0.6) is 0 Å². The molecule has 0 atom stereocenters. The zero-order chi connectivity index (χ0) is 9.97. The van der Waals surface area contributed by atoms with E-state index in [2.05, 4.69) is 16.8 Å². The first-order valence-corrected chi connectivity index (χ1v) is 5.83. The molecule has 1 fully saturated rings. The lowest BCUT2D eigenvalue weighted by Crippen LogP contribution is -2.32. The smallest absolute Gasteiger partial charge is 0.185 e. The molecule has 1 saturated heterocycles. The Morgan fingerprint density at radius 1 is 1.57 bits per heavy atom. The fourth-order valence-electron chi connectivity index (χ4n) is 1.68. The molecule has 2 heterocycles. The highest BCUT2D eigenvalue weighted by molar-refractivity contribution is 7.13. The molecule has 76 valence electrons. The number of thiazole rings is 1. The molecule has 1 aromatic heterocycles. The van der Waals surface area contributed by atoms with Crippen molar-refractivity contribution in [3.8, 4) is 0 Å². The van der Waals surface area contributed by atoms with Gasteiger partial charge in [0.15, 0.2) is 11.4 Å². The summed E-state index contributed by atoms with van der Waals surface area (Å²) in [5.41, 5.74) is 0.559. The number of hydrogen-bond acceptors (Lipinski definition) is 4. The SMILES string of the molecule is CC1CCN(c2nc(C=O)cs2)CC1. The van der Waals surface area contributed by atoms with Crippen LogP contribution < -0.4 is 4.90 Å². The first-order chi connectivity index (χ1) is 6.79. The third-order valence-electron chi connectivity index (χ3n) is 2.68. The summed E-state index contributed by atoms with van der Waals surface area (Å²) in [4.78, 5) is 17.0. The number of hydrogen-bond donors (Lipinski definition) is 0. The van der Waals surface area contributed by atoms with Gasteiger partial charge in [0, 0.05) is 18.5 Å². The van der Waals surface area contributed by atoms with Gasteiger partial charge in [-0.1, -0.05) is 6.92 Å². The minimum Gasteiger partial charge on any atom is -0.348 e. The van der Waals surface area contributed by atoms with Crippen molar-refractivity contribution in [3.63, 3.8) is 0 Å². The normalized spacial score (nSPS) is 18.5. The molecule has 1 aromatic rings. The Morgan fingerprint density at radius 3 is 2.86 bits per heavy atom. The number of nitrogens with zero attached hydrogens (tertiary/aromatic N) is 2. The third-order valence-corrected chi connectivity index (χ3v) is 3.60. The van der Waals surface area contributed by atoms with E-state index < -0.39 is 0 Å². The molecule has 0 aliphatic carbocycles. The second-order valence-electron chi connectivity index (χ2n) is 3.84. The first kappa shape index (κ1) is 9.65. The van der Waals surface area contributed by atoms with Crippen molar-refractivity contribution in [1.82, 2.24) is 4.98 Å². The lowest BCUT2D eigenvalue weighted by molar-refractivity contribution is 0.111. The van der Waals surface area contributed by atoms with Crippen LogP contribution in [0, 0.1) is 5.92 Å². The molecule has 14 heavy (non-hydrogen) atoms. The van der Waals surface area contributed by atoms with E-state index in [4.69, 9.17) is 0 Å². The van der Waals surface area contributed by atoms with Gasteiger partial charge in [-0.3, -0.25) is 4.79 Å². The lowest BCUT2D eigenvalue weighted by Gasteiger charge is -2.29. The molecule has 1 aliphatic heterocycles. The molecule has 0 amide bonds. The molecular weight excluding hydrogens is 196 g/mol. The highest BCUT2D eigenvalue weighted by Gasteiger charge is 2.18.